The van der Waals surface area contributed by atoms with Crippen LogP contribution in [-0.4, -0.2) is 0 Å². The maximum absolute atomic E-state index is 3.54. The Bertz CT molecular complexity index is 553. The van der Waals surface area contributed by atoms with Crippen LogP contribution >= 0.6 is 0 Å². The standard InChI is InChI=1S/C18H23N/c1-12-6-13(2)10-17(9-12)19-11-18-15(4)7-14(3)8-16(18)5/h6-10,19H,11H2,1-5H3. The summed E-state index contributed by atoms with van der Waals surface area (Å²) in [5.41, 5.74) is 9.30. The van der Waals surface area contributed by atoms with Crippen molar-refractivity contribution in [1.29, 1.82) is 0 Å². The highest BCUT2D eigenvalue weighted by molar-refractivity contribution is 5.50. The Hall–Kier alpha value is -1.76. The summed E-state index contributed by atoms with van der Waals surface area (Å²) in [4.78, 5) is 0. The lowest BCUT2D eigenvalue weighted by Crippen LogP contribution is -2.04. The summed E-state index contributed by atoms with van der Waals surface area (Å²) in [6.45, 7) is 11.7. The van der Waals surface area contributed by atoms with Crippen molar-refractivity contribution >= 4 is 5.69 Å². The van der Waals surface area contributed by atoms with E-state index < -0.39 is 0 Å². The van der Waals surface area contributed by atoms with Gasteiger partial charge in [-0.05, 0) is 74.6 Å². The van der Waals surface area contributed by atoms with Crippen molar-refractivity contribution in [1.82, 2.24) is 0 Å². The molecular formula is C18H23N. The fraction of sp³-hybridized carbons (Fsp3) is 0.333. The molecule has 0 heterocycles. The SMILES string of the molecule is Cc1cc(C)cc(NCc2c(C)cc(C)cc2C)c1. The third-order valence-electron chi connectivity index (χ3n) is 3.53. The van der Waals surface area contributed by atoms with Gasteiger partial charge >= 0.3 is 0 Å². The summed E-state index contributed by atoms with van der Waals surface area (Å²) in [7, 11) is 0. The molecule has 0 atom stereocenters. The molecule has 0 aliphatic heterocycles. The summed E-state index contributed by atoms with van der Waals surface area (Å²) in [6, 6.07) is 11.1. The third-order valence-corrected chi connectivity index (χ3v) is 3.53. The van der Waals surface area contributed by atoms with Crippen LogP contribution in [0.3, 0.4) is 0 Å². The largest absolute Gasteiger partial charge is 0.381 e. The van der Waals surface area contributed by atoms with Crippen molar-refractivity contribution in [2.75, 3.05) is 5.32 Å². The molecule has 0 fully saturated rings. The van der Waals surface area contributed by atoms with Crippen molar-refractivity contribution < 1.29 is 0 Å². The molecule has 0 amide bonds. The predicted molar refractivity (Wildman–Crippen MR) is 83.9 cm³/mol. The van der Waals surface area contributed by atoms with Gasteiger partial charge in [0.2, 0.25) is 0 Å². The second-order valence-electron chi connectivity index (χ2n) is 5.61. The van der Waals surface area contributed by atoms with Gasteiger partial charge in [0.1, 0.15) is 0 Å². The van der Waals surface area contributed by atoms with Gasteiger partial charge in [-0.2, -0.15) is 0 Å². The first-order chi connectivity index (χ1) is 8.95. The number of benzene rings is 2. The molecule has 0 aliphatic rings. The summed E-state index contributed by atoms with van der Waals surface area (Å²) in [6.07, 6.45) is 0. The van der Waals surface area contributed by atoms with Gasteiger partial charge in [-0.1, -0.05) is 23.8 Å². The van der Waals surface area contributed by atoms with E-state index in [1.54, 1.807) is 0 Å². The van der Waals surface area contributed by atoms with Crippen molar-refractivity contribution in [3.63, 3.8) is 0 Å². The van der Waals surface area contributed by atoms with Gasteiger partial charge in [0.25, 0.3) is 0 Å². The van der Waals surface area contributed by atoms with E-state index in [0.29, 0.717) is 0 Å². The molecule has 0 spiro atoms. The number of hydrogen-bond acceptors (Lipinski definition) is 1. The highest BCUT2D eigenvalue weighted by atomic mass is 14.9. The first kappa shape index (κ1) is 13.7. The van der Waals surface area contributed by atoms with E-state index >= 15 is 0 Å². The fourth-order valence-electron chi connectivity index (χ4n) is 2.76. The van der Waals surface area contributed by atoms with Crippen molar-refractivity contribution in [2.24, 2.45) is 0 Å². The van der Waals surface area contributed by atoms with Crippen molar-refractivity contribution in [3.05, 3.63) is 63.7 Å². The van der Waals surface area contributed by atoms with E-state index in [9.17, 15) is 0 Å². The third kappa shape index (κ3) is 3.37. The molecule has 2 aromatic rings. The Kier molecular flexibility index (Phi) is 3.94. The van der Waals surface area contributed by atoms with Crippen LogP contribution in [0.25, 0.3) is 0 Å². The van der Waals surface area contributed by atoms with Crippen LogP contribution in [0.15, 0.2) is 30.3 Å². The van der Waals surface area contributed by atoms with Crippen LogP contribution in [0.2, 0.25) is 0 Å². The van der Waals surface area contributed by atoms with Crippen molar-refractivity contribution in [2.45, 2.75) is 41.2 Å². The Morgan fingerprint density at radius 1 is 0.684 bits per heavy atom. The van der Waals surface area contributed by atoms with Crippen LogP contribution in [0.5, 0.6) is 0 Å². The van der Waals surface area contributed by atoms with Gasteiger partial charge < -0.3 is 5.32 Å². The normalized spacial score (nSPS) is 10.6. The molecule has 1 heteroatoms. The fourth-order valence-corrected chi connectivity index (χ4v) is 2.76. The van der Waals surface area contributed by atoms with Crippen LogP contribution < -0.4 is 5.32 Å². The molecule has 1 nitrogen and oxygen atoms in total. The van der Waals surface area contributed by atoms with Gasteiger partial charge in [-0.3, -0.25) is 0 Å². The number of hydrogen-bond donors (Lipinski definition) is 1. The zero-order chi connectivity index (χ0) is 14.0. The monoisotopic (exact) mass is 253 g/mol. The molecule has 1 N–H and O–H groups in total. The molecule has 0 aromatic heterocycles. The lowest BCUT2D eigenvalue weighted by Gasteiger charge is -2.14. The molecule has 0 saturated heterocycles. The molecule has 0 unspecified atom stereocenters. The Morgan fingerprint density at radius 2 is 1.16 bits per heavy atom. The average molecular weight is 253 g/mol. The van der Waals surface area contributed by atoms with Gasteiger partial charge in [-0.15, -0.1) is 0 Å². The highest BCUT2D eigenvalue weighted by Gasteiger charge is 2.04. The molecule has 0 radical (unpaired) electrons. The number of aryl methyl sites for hydroxylation is 5. The summed E-state index contributed by atoms with van der Waals surface area (Å²) >= 11 is 0. The Balaban J connectivity index is 2.19. The summed E-state index contributed by atoms with van der Waals surface area (Å²) in [5, 5.41) is 3.54. The number of anilines is 1. The zero-order valence-electron chi connectivity index (χ0n) is 12.6. The Labute approximate surface area is 116 Å². The molecule has 2 rings (SSSR count). The highest BCUT2D eigenvalue weighted by Crippen LogP contribution is 2.19. The topological polar surface area (TPSA) is 12.0 Å². The number of nitrogens with one attached hydrogen (secondary N) is 1. The zero-order valence-corrected chi connectivity index (χ0v) is 12.6. The minimum atomic E-state index is 0.890. The molecule has 19 heavy (non-hydrogen) atoms. The van der Waals surface area contributed by atoms with Gasteiger partial charge in [0.05, 0.1) is 0 Å². The van der Waals surface area contributed by atoms with E-state index in [0.717, 1.165) is 6.54 Å². The smallest absolute Gasteiger partial charge is 0.0406 e. The van der Waals surface area contributed by atoms with Crippen LogP contribution in [0.1, 0.15) is 33.4 Å². The van der Waals surface area contributed by atoms with Crippen LogP contribution in [0.4, 0.5) is 5.69 Å². The van der Waals surface area contributed by atoms with Crippen molar-refractivity contribution in [3.8, 4) is 0 Å². The van der Waals surface area contributed by atoms with Gasteiger partial charge in [0, 0.05) is 12.2 Å². The lowest BCUT2D eigenvalue weighted by atomic mass is 9.99. The maximum atomic E-state index is 3.54. The van der Waals surface area contributed by atoms with Crippen LogP contribution in [0, 0.1) is 34.6 Å². The number of rotatable bonds is 3. The van der Waals surface area contributed by atoms with E-state index in [2.05, 4.69) is 70.3 Å². The minimum absolute atomic E-state index is 0.890. The van der Waals surface area contributed by atoms with E-state index in [-0.39, 0.29) is 0 Å². The second kappa shape index (κ2) is 5.48. The quantitative estimate of drug-likeness (QED) is 0.825. The van der Waals surface area contributed by atoms with Gasteiger partial charge in [-0.25, -0.2) is 0 Å². The molecular weight excluding hydrogens is 230 g/mol. The molecule has 100 valence electrons. The first-order valence-electron chi connectivity index (χ1n) is 6.84. The molecule has 0 aliphatic carbocycles. The second-order valence-corrected chi connectivity index (χ2v) is 5.61. The Morgan fingerprint density at radius 3 is 1.68 bits per heavy atom. The van der Waals surface area contributed by atoms with Crippen LogP contribution in [-0.2, 0) is 6.54 Å². The molecule has 2 aromatic carbocycles. The van der Waals surface area contributed by atoms with E-state index in [1.807, 2.05) is 0 Å². The summed E-state index contributed by atoms with van der Waals surface area (Å²) in [5.74, 6) is 0. The molecule has 0 saturated carbocycles. The predicted octanol–water partition coefficient (Wildman–Crippen LogP) is 4.84. The average Bonchev–Trinajstić information content (AvgIpc) is 2.25. The van der Waals surface area contributed by atoms with E-state index in [1.165, 1.54) is 39.1 Å². The van der Waals surface area contributed by atoms with Gasteiger partial charge in [0.15, 0.2) is 0 Å². The lowest BCUT2D eigenvalue weighted by molar-refractivity contribution is 1.08. The summed E-state index contributed by atoms with van der Waals surface area (Å²) < 4.78 is 0. The minimum Gasteiger partial charge on any atom is -0.381 e. The first-order valence-corrected chi connectivity index (χ1v) is 6.84. The maximum Gasteiger partial charge on any atom is 0.0406 e. The molecule has 0 bridgehead atoms. The van der Waals surface area contributed by atoms with E-state index in [4.69, 9.17) is 0 Å².